The molecule has 1 aromatic carbocycles. The maximum Gasteiger partial charge on any atom is 0.349 e. The van der Waals surface area contributed by atoms with Gasteiger partial charge in [0, 0.05) is 11.6 Å². The van der Waals surface area contributed by atoms with Crippen molar-refractivity contribution in [3.8, 4) is 5.75 Å². The zero-order chi connectivity index (χ0) is 14.8. The molecule has 2 rings (SSSR count). The van der Waals surface area contributed by atoms with Crippen LogP contribution in [0.5, 0.6) is 5.75 Å². The number of esters is 1. The molecule has 0 aliphatic heterocycles. The first-order chi connectivity index (χ1) is 9.45. The molecular weight excluding hydrogens is 254 g/mol. The number of nitrogens with zero attached hydrogens (tertiary/aromatic N) is 1. The summed E-state index contributed by atoms with van der Waals surface area (Å²) in [5.74, 6) is 0.203. The van der Waals surface area contributed by atoms with Crippen molar-refractivity contribution in [3.05, 3.63) is 36.0 Å². The molecule has 20 heavy (non-hydrogen) atoms. The van der Waals surface area contributed by atoms with Gasteiger partial charge in [0.05, 0.1) is 6.61 Å². The van der Waals surface area contributed by atoms with E-state index < -0.39 is 5.60 Å². The van der Waals surface area contributed by atoms with Crippen molar-refractivity contribution in [2.45, 2.75) is 33.3 Å². The van der Waals surface area contributed by atoms with E-state index >= 15 is 0 Å². The van der Waals surface area contributed by atoms with Crippen LogP contribution in [0.3, 0.4) is 0 Å². The number of para-hydroxylation sites is 1. The topological polar surface area (TPSA) is 48.4 Å². The van der Waals surface area contributed by atoms with Gasteiger partial charge in [0.1, 0.15) is 11.3 Å². The monoisotopic (exact) mass is 273 g/mol. The van der Waals surface area contributed by atoms with E-state index in [-0.39, 0.29) is 5.97 Å². The molecular formula is C16H19NO3. The first-order valence-corrected chi connectivity index (χ1v) is 6.66. The van der Waals surface area contributed by atoms with E-state index in [2.05, 4.69) is 4.98 Å². The van der Waals surface area contributed by atoms with Crippen molar-refractivity contribution in [1.82, 2.24) is 4.98 Å². The molecule has 4 heteroatoms. The number of benzene rings is 1. The van der Waals surface area contributed by atoms with Gasteiger partial charge in [-0.15, -0.1) is 0 Å². The summed E-state index contributed by atoms with van der Waals surface area (Å²) < 4.78 is 10.9. The third-order valence-corrected chi connectivity index (χ3v) is 3.08. The summed E-state index contributed by atoms with van der Waals surface area (Å²) in [6, 6.07) is 7.65. The zero-order valence-electron chi connectivity index (χ0n) is 12.3. The molecule has 0 saturated heterocycles. The van der Waals surface area contributed by atoms with Gasteiger partial charge in [0.2, 0.25) is 0 Å². The van der Waals surface area contributed by atoms with E-state index in [9.17, 15) is 4.79 Å². The van der Waals surface area contributed by atoms with Crippen molar-refractivity contribution in [2.24, 2.45) is 0 Å². The van der Waals surface area contributed by atoms with E-state index in [0.717, 1.165) is 16.5 Å². The Kier molecular flexibility index (Phi) is 3.93. The Bertz CT molecular complexity index is 635. The highest BCUT2D eigenvalue weighted by Gasteiger charge is 2.32. The minimum atomic E-state index is -1.05. The molecule has 0 fully saturated rings. The summed E-state index contributed by atoms with van der Waals surface area (Å²) in [4.78, 5) is 16.3. The molecule has 0 spiro atoms. The Labute approximate surface area is 118 Å². The van der Waals surface area contributed by atoms with Crippen LogP contribution < -0.4 is 4.74 Å². The Balaban J connectivity index is 2.39. The van der Waals surface area contributed by atoms with E-state index in [1.54, 1.807) is 27.0 Å². The van der Waals surface area contributed by atoms with Crippen LogP contribution in [0, 0.1) is 6.92 Å². The van der Waals surface area contributed by atoms with Crippen molar-refractivity contribution in [2.75, 3.05) is 6.61 Å². The SMILES string of the molecule is CCOC(=O)C(C)(C)Oc1cccc2c(C)ccnc12. The summed E-state index contributed by atoms with van der Waals surface area (Å²) in [6.07, 6.45) is 1.74. The largest absolute Gasteiger partial charge is 0.474 e. The average Bonchev–Trinajstić information content (AvgIpc) is 2.40. The molecule has 0 N–H and O–H groups in total. The fourth-order valence-corrected chi connectivity index (χ4v) is 1.99. The lowest BCUT2D eigenvalue weighted by Crippen LogP contribution is -2.39. The Morgan fingerprint density at radius 2 is 2.05 bits per heavy atom. The zero-order valence-corrected chi connectivity index (χ0v) is 12.3. The number of rotatable bonds is 4. The molecule has 0 atom stereocenters. The van der Waals surface area contributed by atoms with Gasteiger partial charge in [-0.25, -0.2) is 4.79 Å². The molecule has 4 nitrogen and oxygen atoms in total. The lowest BCUT2D eigenvalue weighted by molar-refractivity contribution is -0.158. The number of hydrogen-bond donors (Lipinski definition) is 0. The Morgan fingerprint density at radius 3 is 2.75 bits per heavy atom. The van der Waals surface area contributed by atoms with Crippen LogP contribution in [-0.2, 0) is 9.53 Å². The Morgan fingerprint density at radius 1 is 1.30 bits per heavy atom. The number of carbonyl (C=O) groups is 1. The van der Waals surface area contributed by atoms with Crippen LogP contribution in [0.15, 0.2) is 30.5 Å². The quantitative estimate of drug-likeness (QED) is 0.802. The number of ether oxygens (including phenoxy) is 2. The first-order valence-electron chi connectivity index (χ1n) is 6.66. The van der Waals surface area contributed by atoms with Crippen LogP contribution in [0.2, 0.25) is 0 Å². The van der Waals surface area contributed by atoms with Crippen LogP contribution >= 0.6 is 0 Å². The van der Waals surface area contributed by atoms with Crippen molar-refractivity contribution < 1.29 is 14.3 Å². The van der Waals surface area contributed by atoms with Crippen LogP contribution in [0.1, 0.15) is 26.3 Å². The van der Waals surface area contributed by atoms with Gasteiger partial charge in [-0.3, -0.25) is 4.98 Å². The third kappa shape index (κ3) is 2.74. The van der Waals surface area contributed by atoms with E-state index in [1.165, 1.54) is 0 Å². The van der Waals surface area contributed by atoms with Crippen molar-refractivity contribution in [1.29, 1.82) is 0 Å². The number of hydrogen-bond acceptors (Lipinski definition) is 4. The lowest BCUT2D eigenvalue weighted by Gasteiger charge is -2.24. The van der Waals surface area contributed by atoms with Crippen molar-refractivity contribution in [3.63, 3.8) is 0 Å². The molecule has 2 aromatic rings. The predicted octanol–water partition coefficient (Wildman–Crippen LogP) is 3.26. The van der Waals surface area contributed by atoms with Gasteiger partial charge >= 0.3 is 5.97 Å². The van der Waals surface area contributed by atoms with E-state index in [0.29, 0.717) is 12.4 Å². The molecule has 0 aliphatic rings. The second-order valence-electron chi connectivity index (χ2n) is 5.11. The normalized spacial score (nSPS) is 11.4. The molecule has 1 heterocycles. The standard InChI is InChI=1S/C16H19NO3/c1-5-19-15(18)16(3,4)20-13-8-6-7-12-11(2)9-10-17-14(12)13/h6-10H,5H2,1-4H3. The first kappa shape index (κ1) is 14.3. The Hall–Kier alpha value is -2.10. The highest BCUT2D eigenvalue weighted by Crippen LogP contribution is 2.28. The second kappa shape index (κ2) is 5.49. The molecule has 0 amide bonds. The smallest absolute Gasteiger partial charge is 0.349 e. The minimum Gasteiger partial charge on any atom is -0.474 e. The molecule has 0 unspecified atom stereocenters. The number of fused-ring (bicyclic) bond motifs is 1. The number of pyridine rings is 1. The molecule has 106 valence electrons. The number of aromatic nitrogens is 1. The van der Waals surface area contributed by atoms with E-state index in [1.807, 2.05) is 31.2 Å². The predicted molar refractivity (Wildman–Crippen MR) is 77.8 cm³/mol. The summed E-state index contributed by atoms with van der Waals surface area (Å²) >= 11 is 0. The molecule has 0 saturated carbocycles. The highest BCUT2D eigenvalue weighted by atomic mass is 16.6. The second-order valence-corrected chi connectivity index (χ2v) is 5.11. The highest BCUT2D eigenvalue weighted by molar-refractivity contribution is 5.88. The average molecular weight is 273 g/mol. The summed E-state index contributed by atoms with van der Waals surface area (Å²) in [7, 11) is 0. The molecule has 1 aromatic heterocycles. The van der Waals surface area contributed by atoms with Crippen LogP contribution in [-0.4, -0.2) is 23.2 Å². The molecule has 0 aliphatic carbocycles. The van der Waals surface area contributed by atoms with Gasteiger partial charge in [0.15, 0.2) is 5.60 Å². The maximum atomic E-state index is 11.9. The lowest BCUT2D eigenvalue weighted by atomic mass is 10.1. The van der Waals surface area contributed by atoms with Gasteiger partial charge < -0.3 is 9.47 Å². The molecule has 0 bridgehead atoms. The number of aryl methyl sites for hydroxylation is 1. The molecule has 0 radical (unpaired) electrons. The third-order valence-electron chi connectivity index (χ3n) is 3.08. The van der Waals surface area contributed by atoms with Crippen molar-refractivity contribution >= 4 is 16.9 Å². The van der Waals surface area contributed by atoms with Gasteiger partial charge in [0.25, 0.3) is 0 Å². The van der Waals surface area contributed by atoms with Crippen LogP contribution in [0.25, 0.3) is 10.9 Å². The van der Waals surface area contributed by atoms with E-state index in [4.69, 9.17) is 9.47 Å². The summed E-state index contributed by atoms with van der Waals surface area (Å²) in [5, 5.41) is 1.02. The van der Waals surface area contributed by atoms with Crippen LogP contribution in [0.4, 0.5) is 0 Å². The fraction of sp³-hybridized carbons (Fsp3) is 0.375. The summed E-state index contributed by atoms with van der Waals surface area (Å²) in [6.45, 7) is 7.51. The van der Waals surface area contributed by atoms with Gasteiger partial charge in [-0.2, -0.15) is 0 Å². The fourth-order valence-electron chi connectivity index (χ4n) is 1.99. The van der Waals surface area contributed by atoms with Gasteiger partial charge in [-0.1, -0.05) is 12.1 Å². The maximum absolute atomic E-state index is 11.9. The van der Waals surface area contributed by atoms with Gasteiger partial charge in [-0.05, 0) is 45.4 Å². The minimum absolute atomic E-state index is 0.332. The number of carbonyl (C=O) groups excluding carboxylic acids is 1. The summed E-state index contributed by atoms with van der Waals surface area (Å²) in [5.41, 5.74) is 0.828.